The molecule has 1 aromatic carbocycles. The molecule has 2 unspecified atom stereocenters. The van der Waals surface area contributed by atoms with Crippen LogP contribution in [-0.4, -0.2) is 29.5 Å². The first kappa shape index (κ1) is 13.9. The van der Waals surface area contributed by atoms with E-state index in [4.69, 9.17) is 0 Å². The summed E-state index contributed by atoms with van der Waals surface area (Å²) in [6.45, 7) is 3.12. The number of hydrogen-bond donors (Lipinski definition) is 3. The first-order valence-corrected chi connectivity index (χ1v) is 7.51. The third-order valence-electron chi connectivity index (χ3n) is 3.97. The van der Waals surface area contributed by atoms with Gasteiger partial charge in [0.05, 0.1) is 0 Å². The minimum absolute atomic E-state index is 0.0173. The lowest BCUT2D eigenvalue weighted by molar-refractivity contribution is 0.0921. The molecule has 1 saturated heterocycles. The Hall–Kier alpha value is -2.07. The van der Waals surface area contributed by atoms with Crippen molar-refractivity contribution in [1.82, 2.24) is 15.6 Å². The van der Waals surface area contributed by atoms with Gasteiger partial charge in [-0.15, -0.1) is 0 Å². The fourth-order valence-corrected chi connectivity index (χ4v) is 2.84. The van der Waals surface area contributed by atoms with E-state index >= 15 is 0 Å². The highest BCUT2D eigenvalue weighted by Crippen LogP contribution is 2.18. The first-order chi connectivity index (χ1) is 10.2. The molecule has 1 aromatic heterocycles. The van der Waals surface area contributed by atoms with Crippen LogP contribution in [0.15, 0.2) is 42.5 Å². The minimum Gasteiger partial charge on any atom is -0.351 e. The topological polar surface area (TPSA) is 56.9 Å². The summed E-state index contributed by atoms with van der Waals surface area (Å²) in [6, 6.07) is 14.6. The highest BCUT2D eigenvalue weighted by atomic mass is 16.1. The first-order valence-electron chi connectivity index (χ1n) is 7.51. The van der Waals surface area contributed by atoms with Crippen LogP contribution in [0.25, 0.3) is 11.3 Å². The number of hydrogen-bond acceptors (Lipinski definition) is 2. The summed E-state index contributed by atoms with van der Waals surface area (Å²) in [5.41, 5.74) is 2.69. The second-order valence-electron chi connectivity index (χ2n) is 5.70. The molecule has 21 heavy (non-hydrogen) atoms. The van der Waals surface area contributed by atoms with Crippen molar-refractivity contribution in [2.24, 2.45) is 0 Å². The molecule has 2 atom stereocenters. The van der Waals surface area contributed by atoms with Gasteiger partial charge in [-0.2, -0.15) is 0 Å². The second kappa shape index (κ2) is 6.14. The number of amides is 1. The zero-order valence-corrected chi connectivity index (χ0v) is 12.2. The molecule has 2 aromatic rings. The van der Waals surface area contributed by atoms with E-state index in [9.17, 15) is 4.79 Å². The summed E-state index contributed by atoms with van der Waals surface area (Å²) in [7, 11) is 0. The number of rotatable bonds is 3. The average Bonchev–Trinajstić information content (AvgIpc) is 2.98. The van der Waals surface area contributed by atoms with Crippen LogP contribution < -0.4 is 10.6 Å². The SMILES string of the molecule is CC1CC(NC(=O)c2ccc(-c3ccccc3)[nH]2)CCN1. The van der Waals surface area contributed by atoms with Crippen molar-refractivity contribution >= 4 is 5.91 Å². The van der Waals surface area contributed by atoms with Gasteiger partial charge in [0.1, 0.15) is 5.69 Å². The molecule has 0 spiro atoms. The molecule has 0 radical (unpaired) electrons. The van der Waals surface area contributed by atoms with E-state index in [1.54, 1.807) is 0 Å². The number of benzene rings is 1. The number of carbonyl (C=O) groups excluding carboxylic acids is 1. The van der Waals surface area contributed by atoms with Crippen molar-refractivity contribution in [3.8, 4) is 11.3 Å². The molecule has 4 heteroatoms. The van der Waals surface area contributed by atoms with Crippen LogP contribution in [0.1, 0.15) is 30.3 Å². The maximum Gasteiger partial charge on any atom is 0.267 e. The van der Waals surface area contributed by atoms with Crippen LogP contribution in [0.5, 0.6) is 0 Å². The predicted molar refractivity (Wildman–Crippen MR) is 84.2 cm³/mol. The van der Waals surface area contributed by atoms with Crippen LogP contribution in [0, 0.1) is 0 Å². The molecule has 0 aliphatic carbocycles. The van der Waals surface area contributed by atoms with Gasteiger partial charge >= 0.3 is 0 Å². The standard InChI is InChI=1S/C17H21N3O/c1-12-11-14(9-10-18-12)19-17(21)16-8-7-15(20-16)13-5-3-2-4-6-13/h2-8,12,14,18,20H,9-11H2,1H3,(H,19,21). The van der Waals surface area contributed by atoms with E-state index in [0.29, 0.717) is 11.7 Å². The number of aromatic nitrogens is 1. The predicted octanol–water partition coefficient (Wildman–Crippen LogP) is 2.55. The molecule has 1 fully saturated rings. The van der Waals surface area contributed by atoms with E-state index in [-0.39, 0.29) is 11.9 Å². The van der Waals surface area contributed by atoms with Crippen LogP contribution in [-0.2, 0) is 0 Å². The minimum atomic E-state index is -0.0173. The molecular weight excluding hydrogens is 262 g/mol. The summed E-state index contributed by atoms with van der Waals surface area (Å²) in [5, 5.41) is 6.51. The maximum atomic E-state index is 12.3. The Balaban J connectivity index is 1.67. The highest BCUT2D eigenvalue weighted by molar-refractivity contribution is 5.93. The van der Waals surface area contributed by atoms with Gasteiger partial charge in [0, 0.05) is 17.8 Å². The number of nitrogens with one attached hydrogen (secondary N) is 3. The van der Waals surface area contributed by atoms with Gasteiger partial charge in [-0.05, 0) is 44.0 Å². The summed E-state index contributed by atoms with van der Waals surface area (Å²) in [6.07, 6.45) is 1.97. The third kappa shape index (κ3) is 3.34. The zero-order chi connectivity index (χ0) is 14.7. The van der Waals surface area contributed by atoms with Gasteiger partial charge in [0.2, 0.25) is 0 Å². The van der Waals surface area contributed by atoms with Crippen molar-refractivity contribution in [2.75, 3.05) is 6.54 Å². The van der Waals surface area contributed by atoms with E-state index in [1.165, 1.54) is 0 Å². The summed E-state index contributed by atoms with van der Waals surface area (Å²) in [5.74, 6) is -0.0173. The van der Waals surface area contributed by atoms with Crippen molar-refractivity contribution in [2.45, 2.75) is 31.8 Å². The number of aromatic amines is 1. The Kier molecular flexibility index (Phi) is 4.06. The van der Waals surface area contributed by atoms with Crippen molar-refractivity contribution < 1.29 is 4.79 Å². The molecule has 0 saturated carbocycles. The van der Waals surface area contributed by atoms with Crippen LogP contribution in [0.4, 0.5) is 0 Å². The molecule has 1 aliphatic rings. The van der Waals surface area contributed by atoms with Gasteiger partial charge in [0.15, 0.2) is 0 Å². The molecule has 3 rings (SSSR count). The molecule has 110 valence electrons. The molecule has 1 aliphatic heterocycles. The van der Waals surface area contributed by atoms with Gasteiger partial charge < -0.3 is 15.6 Å². The normalized spacial score (nSPS) is 22.0. The number of carbonyl (C=O) groups is 1. The molecular formula is C17H21N3O. The average molecular weight is 283 g/mol. The molecule has 0 bridgehead atoms. The van der Waals surface area contributed by atoms with Crippen LogP contribution >= 0.6 is 0 Å². The molecule has 3 N–H and O–H groups in total. The Labute approximate surface area is 125 Å². The third-order valence-corrected chi connectivity index (χ3v) is 3.97. The smallest absolute Gasteiger partial charge is 0.267 e. The van der Waals surface area contributed by atoms with Crippen LogP contribution in [0.2, 0.25) is 0 Å². The van der Waals surface area contributed by atoms with Crippen molar-refractivity contribution in [3.05, 3.63) is 48.2 Å². The zero-order valence-electron chi connectivity index (χ0n) is 12.2. The van der Waals surface area contributed by atoms with E-state index in [1.807, 2.05) is 42.5 Å². The number of H-pyrrole nitrogens is 1. The Morgan fingerprint density at radius 2 is 2.00 bits per heavy atom. The monoisotopic (exact) mass is 283 g/mol. The van der Waals surface area contributed by atoms with Gasteiger partial charge in [0.25, 0.3) is 5.91 Å². The molecule has 2 heterocycles. The van der Waals surface area contributed by atoms with Crippen LogP contribution in [0.3, 0.4) is 0 Å². The molecule has 1 amide bonds. The Morgan fingerprint density at radius 3 is 2.76 bits per heavy atom. The Morgan fingerprint density at radius 1 is 1.19 bits per heavy atom. The number of piperidine rings is 1. The van der Waals surface area contributed by atoms with E-state index in [0.717, 1.165) is 30.6 Å². The van der Waals surface area contributed by atoms with Crippen molar-refractivity contribution in [3.63, 3.8) is 0 Å². The lowest BCUT2D eigenvalue weighted by atomic mass is 10.0. The molecule has 4 nitrogen and oxygen atoms in total. The summed E-state index contributed by atoms with van der Waals surface area (Å²) in [4.78, 5) is 15.5. The lowest BCUT2D eigenvalue weighted by Gasteiger charge is -2.28. The quantitative estimate of drug-likeness (QED) is 0.811. The summed E-state index contributed by atoms with van der Waals surface area (Å²) < 4.78 is 0. The van der Waals surface area contributed by atoms with Gasteiger partial charge in [-0.3, -0.25) is 4.79 Å². The van der Waals surface area contributed by atoms with Gasteiger partial charge in [-0.25, -0.2) is 0 Å². The van der Waals surface area contributed by atoms with Crippen molar-refractivity contribution in [1.29, 1.82) is 0 Å². The fraction of sp³-hybridized carbons (Fsp3) is 0.353. The van der Waals surface area contributed by atoms with E-state index < -0.39 is 0 Å². The second-order valence-corrected chi connectivity index (χ2v) is 5.70. The Bertz CT molecular complexity index is 606. The fourth-order valence-electron chi connectivity index (χ4n) is 2.84. The van der Waals surface area contributed by atoms with E-state index in [2.05, 4.69) is 22.5 Å². The lowest BCUT2D eigenvalue weighted by Crippen LogP contribution is -2.46. The summed E-state index contributed by atoms with van der Waals surface area (Å²) >= 11 is 0. The maximum absolute atomic E-state index is 12.3. The largest absolute Gasteiger partial charge is 0.351 e. The van der Waals surface area contributed by atoms with Gasteiger partial charge in [-0.1, -0.05) is 30.3 Å². The highest BCUT2D eigenvalue weighted by Gasteiger charge is 2.21.